The minimum absolute atomic E-state index is 0.0942. The van der Waals surface area contributed by atoms with Gasteiger partial charge < -0.3 is 29.5 Å². The van der Waals surface area contributed by atoms with Crippen molar-refractivity contribution in [2.75, 3.05) is 51.0 Å². The summed E-state index contributed by atoms with van der Waals surface area (Å²) in [6, 6.07) is 4.75. The molecule has 1 aliphatic heterocycles. The molecule has 3 amide bonds. The lowest BCUT2D eigenvalue weighted by Gasteiger charge is -2.35. The highest BCUT2D eigenvalue weighted by atomic mass is 16.5. The summed E-state index contributed by atoms with van der Waals surface area (Å²) in [5.41, 5.74) is 2.05. The van der Waals surface area contributed by atoms with Gasteiger partial charge in [0.2, 0.25) is 0 Å². The van der Waals surface area contributed by atoms with Gasteiger partial charge in [-0.05, 0) is 51.8 Å². The highest BCUT2D eigenvalue weighted by Crippen LogP contribution is 2.27. The Morgan fingerprint density at radius 1 is 1.22 bits per heavy atom. The maximum Gasteiger partial charge on any atom is 0.323 e. The van der Waals surface area contributed by atoms with E-state index in [9.17, 15) is 9.59 Å². The summed E-state index contributed by atoms with van der Waals surface area (Å²) in [6.07, 6.45) is 0.932. The highest BCUT2D eigenvalue weighted by molar-refractivity contribution is 6.02. The number of fused-ring (bicyclic) bond motifs is 1. The number of rotatable bonds is 5. The number of amides is 3. The van der Waals surface area contributed by atoms with Gasteiger partial charge in [-0.1, -0.05) is 19.0 Å². The average molecular weight is 502 g/mol. The lowest BCUT2D eigenvalue weighted by molar-refractivity contribution is 0.0108. The molecule has 0 aliphatic carbocycles. The first-order valence-electron chi connectivity index (χ1n) is 12.4. The fourth-order valence-corrected chi connectivity index (χ4v) is 4.46. The van der Waals surface area contributed by atoms with E-state index in [1.165, 1.54) is 0 Å². The van der Waals surface area contributed by atoms with E-state index in [-0.39, 0.29) is 24.0 Å². The van der Waals surface area contributed by atoms with Gasteiger partial charge in [0.1, 0.15) is 23.7 Å². The van der Waals surface area contributed by atoms with Gasteiger partial charge in [0.25, 0.3) is 5.91 Å². The molecule has 1 aliphatic rings. The number of nitrogens with one attached hydrogen (secondary N) is 2. The molecule has 0 bridgehead atoms. The normalized spacial score (nSPS) is 21.7. The second-order valence-electron chi connectivity index (χ2n) is 9.58. The van der Waals surface area contributed by atoms with E-state index in [0.29, 0.717) is 47.3 Å². The summed E-state index contributed by atoms with van der Waals surface area (Å²) >= 11 is 0. The van der Waals surface area contributed by atoms with Crippen LogP contribution in [0.15, 0.2) is 22.7 Å². The van der Waals surface area contributed by atoms with Gasteiger partial charge in [-0.3, -0.25) is 9.69 Å². The van der Waals surface area contributed by atoms with Crippen molar-refractivity contribution in [3.05, 3.63) is 35.2 Å². The lowest BCUT2D eigenvalue weighted by atomic mass is 10.0. The number of nitrogens with zero attached hydrogens (tertiary/aromatic N) is 3. The number of carbonyl (C=O) groups excluding carboxylic acids is 2. The molecule has 2 aromatic rings. The van der Waals surface area contributed by atoms with Gasteiger partial charge in [0.05, 0.1) is 11.7 Å². The smallest absolute Gasteiger partial charge is 0.323 e. The average Bonchev–Trinajstić information content (AvgIpc) is 3.16. The summed E-state index contributed by atoms with van der Waals surface area (Å²) in [7, 11) is 3.47. The van der Waals surface area contributed by atoms with Crippen molar-refractivity contribution in [2.45, 2.75) is 53.2 Å². The highest BCUT2D eigenvalue weighted by Gasteiger charge is 2.28. The fourth-order valence-electron chi connectivity index (χ4n) is 4.46. The third-order valence-corrected chi connectivity index (χ3v) is 6.62. The zero-order chi connectivity index (χ0) is 26.4. The van der Waals surface area contributed by atoms with E-state index < -0.39 is 6.03 Å². The van der Waals surface area contributed by atoms with Crippen LogP contribution in [0.4, 0.5) is 16.2 Å². The molecule has 10 heteroatoms. The van der Waals surface area contributed by atoms with E-state index >= 15 is 0 Å². The van der Waals surface area contributed by atoms with Crippen molar-refractivity contribution < 1.29 is 23.6 Å². The van der Waals surface area contributed by atoms with Gasteiger partial charge >= 0.3 is 6.03 Å². The number of hydrogen-bond acceptors (Lipinski definition) is 7. The number of benzene rings is 1. The lowest BCUT2D eigenvalue weighted by Crippen LogP contribution is -2.46. The molecule has 0 saturated carbocycles. The van der Waals surface area contributed by atoms with Crippen LogP contribution in [0.1, 0.15) is 49.0 Å². The third kappa shape index (κ3) is 6.55. The number of urea groups is 1. The van der Waals surface area contributed by atoms with E-state index in [1.54, 1.807) is 51.1 Å². The van der Waals surface area contributed by atoms with Gasteiger partial charge in [-0.15, -0.1) is 0 Å². The van der Waals surface area contributed by atoms with Gasteiger partial charge in [-0.2, -0.15) is 0 Å². The fraction of sp³-hybridized carbons (Fsp3) is 0.577. The predicted molar refractivity (Wildman–Crippen MR) is 139 cm³/mol. The second kappa shape index (κ2) is 12.2. The molecule has 1 aromatic carbocycles. The van der Waals surface area contributed by atoms with Crippen LogP contribution in [0.25, 0.3) is 0 Å². The standard InChI is InChI=1S/C26H39N5O5/c1-8-11-31-13-16(2)23(34-7)14-30(6)25(32)21-10-9-20(12-22(21)35-15-17(31)3)27-26(33)28-24-18(4)29-36-19(24)5/h9-10,12,16-17,23H,8,11,13-15H2,1-7H3,(H2,27,28,33)/t16-,17+,23-/m0/s1. The molecule has 0 radical (unpaired) electrons. The molecule has 36 heavy (non-hydrogen) atoms. The molecule has 10 nitrogen and oxygen atoms in total. The minimum Gasteiger partial charge on any atom is -0.491 e. The minimum atomic E-state index is -0.444. The first-order chi connectivity index (χ1) is 17.1. The molecular formula is C26H39N5O5. The molecule has 2 heterocycles. The SMILES string of the molecule is CCCN1C[C@H](C)[C@@H](OC)CN(C)C(=O)c2ccc(NC(=O)Nc3c(C)noc3C)cc2OC[C@H]1C. The van der Waals surface area contributed by atoms with Crippen LogP contribution in [-0.2, 0) is 4.74 Å². The van der Waals surface area contributed by atoms with Crippen LogP contribution < -0.4 is 15.4 Å². The number of aryl methyl sites for hydroxylation is 2. The zero-order valence-corrected chi connectivity index (χ0v) is 22.4. The van der Waals surface area contributed by atoms with Crippen LogP contribution in [0.5, 0.6) is 5.75 Å². The molecule has 1 aromatic heterocycles. The van der Waals surface area contributed by atoms with Crippen LogP contribution in [0.2, 0.25) is 0 Å². The number of ether oxygens (including phenoxy) is 2. The predicted octanol–water partition coefficient (Wildman–Crippen LogP) is 4.15. The first-order valence-corrected chi connectivity index (χ1v) is 12.4. The maximum absolute atomic E-state index is 13.4. The van der Waals surface area contributed by atoms with Crippen LogP contribution in [0.3, 0.4) is 0 Å². The molecule has 0 unspecified atom stereocenters. The van der Waals surface area contributed by atoms with Gasteiger partial charge in [0, 0.05) is 45.0 Å². The van der Waals surface area contributed by atoms with Crippen molar-refractivity contribution in [3.63, 3.8) is 0 Å². The topological polar surface area (TPSA) is 109 Å². The Bertz CT molecular complexity index is 1040. The summed E-state index contributed by atoms with van der Waals surface area (Å²) < 4.78 is 17.1. The molecule has 2 N–H and O–H groups in total. The zero-order valence-electron chi connectivity index (χ0n) is 22.4. The number of hydrogen-bond donors (Lipinski definition) is 2. The molecule has 0 spiro atoms. The Kier molecular flexibility index (Phi) is 9.33. The van der Waals surface area contributed by atoms with Crippen molar-refractivity contribution in [2.24, 2.45) is 5.92 Å². The molecule has 198 valence electrons. The molecule has 3 atom stereocenters. The number of methoxy groups -OCH3 is 1. The molecular weight excluding hydrogens is 462 g/mol. The van der Waals surface area contributed by atoms with E-state index in [0.717, 1.165) is 19.5 Å². The Morgan fingerprint density at radius 3 is 2.61 bits per heavy atom. The molecule has 3 rings (SSSR count). The summed E-state index contributed by atoms with van der Waals surface area (Å²) in [4.78, 5) is 30.0. The Balaban J connectivity index is 1.87. The number of carbonyl (C=O) groups is 2. The van der Waals surface area contributed by atoms with Crippen molar-refractivity contribution in [3.8, 4) is 5.75 Å². The van der Waals surface area contributed by atoms with Gasteiger partial charge in [-0.25, -0.2) is 4.79 Å². The van der Waals surface area contributed by atoms with Gasteiger partial charge in [0.15, 0.2) is 5.76 Å². The van der Waals surface area contributed by atoms with Crippen LogP contribution in [-0.4, -0.2) is 79.4 Å². The van der Waals surface area contributed by atoms with Crippen LogP contribution in [0, 0.1) is 19.8 Å². The Morgan fingerprint density at radius 2 is 1.97 bits per heavy atom. The maximum atomic E-state index is 13.4. The summed E-state index contributed by atoms with van der Waals surface area (Å²) in [5.74, 6) is 1.02. The monoisotopic (exact) mass is 501 g/mol. The molecule has 0 saturated heterocycles. The van der Waals surface area contributed by atoms with Crippen molar-refractivity contribution in [1.29, 1.82) is 0 Å². The van der Waals surface area contributed by atoms with E-state index in [1.807, 2.05) is 0 Å². The third-order valence-electron chi connectivity index (χ3n) is 6.62. The number of aromatic nitrogens is 1. The van der Waals surface area contributed by atoms with E-state index in [2.05, 4.69) is 41.5 Å². The largest absolute Gasteiger partial charge is 0.491 e. The number of likely N-dealkylation sites (N-methyl/N-ethyl adjacent to an activating group) is 1. The summed E-state index contributed by atoms with van der Waals surface area (Å²) in [5, 5.41) is 9.41. The number of anilines is 2. The van der Waals surface area contributed by atoms with Crippen molar-refractivity contribution in [1.82, 2.24) is 15.0 Å². The Hall–Kier alpha value is -3.11. The molecule has 0 fully saturated rings. The summed E-state index contributed by atoms with van der Waals surface area (Å²) in [6.45, 7) is 12.6. The van der Waals surface area contributed by atoms with Crippen LogP contribution >= 0.6 is 0 Å². The first kappa shape index (κ1) is 27.5. The van der Waals surface area contributed by atoms with Crippen molar-refractivity contribution >= 4 is 23.3 Å². The Labute approximate surface area is 213 Å². The quantitative estimate of drug-likeness (QED) is 0.633. The van der Waals surface area contributed by atoms with E-state index in [4.69, 9.17) is 14.0 Å². The second-order valence-corrected chi connectivity index (χ2v) is 9.58.